The van der Waals surface area contributed by atoms with Gasteiger partial charge in [0.15, 0.2) is 9.98 Å². The molecule has 1 aromatic carbocycles. The maximum atomic E-state index is 5.95. The molecule has 0 fully saturated rings. The number of rotatable bonds is 8. The Morgan fingerprint density at radius 3 is 1.70 bits per heavy atom. The SMILES string of the molecule is CC(C)SC1=C(SC(C)C)C1(SC(C)C)N(C(=S)N(C)C)c1ccccc1. The van der Waals surface area contributed by atoms with Gasteiger partial charge >= 0.3 is 0 Å². The molecule has 6 heteroatoms. The van der Waals surface area contributed by atoms with Gasteiger partial charge in [0.05, 0.1) is 0 Å². The average Bonchev–Trinajstić information content (AvgIpc) is 3.11. The topological polar surface area (TPSA) is 6.48 Å². The third-order valence-corrected chi connectivity index (χ3v) is 8.53. The van der Waals surface area contributed by atoms with E-state index in [1.165, 1.54) is 9.81 Å². The number of hydrogen-bond donors (Lipinski definition) is 0. The lowest BCUT2D eigenvalue weighted by Crippen LogP contribution is -2.48. The molecule has 0 saturated heterocycles. The first-order valence-electron chi connectivity index (χ1n) is 9.44. The maximum Gasteiger partial charge on any atom is 0.177 e. The first kappa shape index (κ1) is 23.0. The van der Waals surface area contributed by atoms with Crippen LogP contribution in [0.1, 0.15) is 41.5 Å². The molecule has 1 aliphatic carbocycles. The number of nitrogens with zero attached hydrogens (tertiary/aromatic N) is 2. The lowest BCUT2D eigenvalue weighted by molar-refractivity contribution is 0.614. The average molecular weight is 441 g/mol. The fourth-order valence-corrected chi connectivity index (χ4v) is 7.62. The van der Waals surface area contributed by atoms with E-state index < -0.39 is 0 Å². The Morgan fingerprint density at radius 2 is 1.33 bits per heavy atom. The normalized spacial score (nSPS) is 15.7. The first-order valence-corrected chi connectivity index (χ1v) is 12.5. The molecular formula is C21H32N2S4. The van der Waals surface area contributed by atoms with Crippen molar-refractivity contribution in [1.82, 2.24) is 4.90 Å². The van der Waals surface area contributed by atoms with E-state index in [0.717, 1.165) is 10.8 Å². The van der Waals surface area contributed by atoms with Crippen molar-refractivity contribution in [2.45, 2.75) is 62.2 Å². The number of hydrogen-bond acceptors (Lipinski definition) is 4. The summed E-state index contributed by atoms with van der Waals surface area (Å²) in [7, 11) is 4.08. The molecule has 0 aromatic heterocycles. The molecule has 150 valence electrons. The smallest absolute Gasteiger partial charge is 0.177 e. The lowest BCUT2D eigenvalue weighted by atomic mass is 10.3. The van der Waals surface area contributed by atoms with Crippen LogP contribution < -0.4 is 4.90 Å². The van der Waals surface area contributed by atoms with Gasteiger partial charge in [-0.05, 0) is 24.4 Å². The monoisotopic (exact) mass is 440 g/mol. The van der Waals surface area contributed by atoms with Gasteiger partial charge < -0.3 is 4.90 Å². The maximum absolute atomic E-state index is 5.95. The highest BCUT2D eigenvalue weighted by Crippen LogP contribution is 2.68. The second-order valence-electron chi connectivity index (χ2n) is 7.65. The van der Waals surface area contributed by atoms with Gasteiger partial charge in [0.1, 0.15) is 0 Å². The standard InChI is InChI=1S/C21H32N2S4/c1-14(2)25-18-19(26-15(3)4)21(18,27-16(5)6)23(20(24)22(7)8)17-12-10-9-11-13-17/h9-16H,1-8H3. The number of thioether (sulfide) groups is 3. The molecule has 27 heavy (non-hydrogen) atoms. The van der Waals surface area contributed by atoms with Crippen LogP contribution in [0.2, 0.25) is 0 Å². The summed E-state index contributed by atoms with van der Waals surface area (Å²) in [5.41, 5.74) is 1.16. The van der Waals surface area contributed by atoms with Gasteiger partial charge in [0.25, 0.3) is 0 Å². The Bertz CT molecular complexity index is 661. The second kappa shape index (κ2) is 9.47. The van der Waals surface area contributed by atoms with Crippen molar-refractivity contribution in [3.63, 3.8) is 0 Å². The molecule has 0 aliphatic heterocycles. The Hall–Kier alpha value is -0.300. The van der Waals surface area contributed by atoms with Crippen molar-refractivity contribution in [3.05, 3.63) is 40.1 Å². The second-order valence-corrected chi connectivity index (χ2v) is 13.0. The van der Waals surface area contributed by atoms with Crippen molar-refractivity contribution in [2.75, 3.05) is 19.0 Å². The van der Waals surface area contributed by atoms with Gasteiger partial charge in [-0.25, -0.2) is 0 Å². The fourth-order valence-electron chi connectivity index (χ4n) is 2.86. The van der Waals surface area contributed by atoms with Gasteiger partial charge in [-0.15, -0.1) is 35.3 Å². The summed E-state index contributed by atoms with van der Waals surface area (Å²) in [4.78, 5) is 7.20. The molecule has 1 aromatic rings. The van der Waals surface area contributed by atoms with Crippen LogP contribution in [0.15, 0.2) is 40.1 Å². The molecule has 0 spiro atoms. The zero-order chi connectivity index (χ0) is 20.4. The first-order chi connectivity index (χ1) is 12.6. The lowest BCUT2D eigenvalue weighted by Gasteiger charge is -2.39. The minimum atomic E-state index is -0.180. The zero-order valence-electron chi connectivity index (χ0n) is 17.6. The molecule has 0 heterocycles. The third kappa shape index (κ3) is 5.20. The van der Waals surface area contributed by atoms with E-state index >= 15 is 0 Å². The largest absolute Gasteiger partial charge is 0.355 e. The van der Waals surface area contributed by atoms with E-state index in [1.807, 2.05) is 49.4 Å². The predicted octanol–water partition coefficient (Wildman–Crippen LogP) is 6.69. The minimum Gasteiger partial charge on any atom is -0.355 e. The summed E-state index contributed by atoms with van der Waals surface area (Å²) in [6.07, 6.45) is 0. The van der Waals surface area contributed by atoms with Gasteiger partial charge in [-0.3, -0.25) is 4.90 Å². The van der Waals surface area contributed by atoms with Gasteiger partial charge in [-0.2, -0.15) is 0 Å². The molecule has 0 atom stereocenters. The number of thiocarbonyl (C=S) groups is 1. The zero-order valence-corrected chi connectivity index (χ0v) is 20.9. The third-order valence-electron chi connectivity index (χ3n) is 3.78. The molecule has 1 aliphatic rings. The van der Waals surface area contributed by atoms with Crippen LogP contribution in [0.4, 0.5) is 5.69 Å². The Kier molecular flexibility index (Phi) is 8.06. The fraction of sp³-hybridized carbons (Fsp3) is 0.571. The molecule has 2 rings (SSSR count). The van der Waals surface area contributed by atoms with Crippen molar-refractivity contribution >= 4 is 58.3 Å². The van der Waals surface area contributed by atoms with Gasteiger partial charge in [0.2, 0.25) is 0 Å². The summed E-state index contributed by atoms with van der Waals surface area (Å²) < 4.78 is 0. The van der Waals surface area contributed by atoms with Crippen molar-refractivity contribution in [3.8, 4) is 0 Å². The number of benzene rings is 1. The van der Waals surface area contributed by atoms with Crippen molar-refractivity contribution in [2.24, 2.45) is 0 Å². The Labute approximate surface area is 183 Å². The molecule has 0 unspecified atom stereocenters. The predicted molar refractivity (Wildman–Crippen MR) is 133 cm³/mol. The summed E-state index contributed by atoms with van der Waals surface area (Å²) in [5.74, 6) is 0. The van der Waals surface area contributed by atoms with Gasteiger partial charge in [-0.1, -0.05) is 59.7 Å². The van der Waals surface area contributed by atoms with Crippen LogP contribution in [0.25, 0.3) is 0 Å². The highest BCUT2D eigenvalue weighted by molar-refractivity contribution is 8.13. The Morgan fingerprint density at radius 1 is 0.852 bits per heavy atom. The molecule has 0 saturated carbocycles. The summed E-state index contributed by atoms with van der Waals surface area (Å²) in [6, 6.07) is 10.6. The minimum absolute atomic E-state index is 0.180. The summed E-state index contributed by atoms with van der Waals surface area (Å²) in [5, 5.41) is 2.44. The molecule has 0 radical (unpaired) electrons. The van der Waals surface area contributed by atoms with Crippen LogP contribution >= 0.6 is 47.5 Å². The van der Waals surface area contributed by atoms with Crippen molar-refractivity contribution in [1.29, 1.82) is 0 Å². The Balaban J connectivity index is 2.59. The quantitative estimate of drug-likeness (QED) is 0.326. The molecule has 0 N–H and O–H groups in total. The molecule has 0 amide bonds. The van der Waals surface area contributed by atoms with E-state index in [2.05, 4.69) is 81.7 Å². The van der Waals surface area contributed by atoms with E-state index in [-0.39, 0.29) is 4.87 Å². The summed E-state index contributed by atoms with van der Waals surface area (Å²) >= 11 is 11.9. The van der Waals surface area contributed by atoms with Crippen LogP contribution in [0, 0.1) is 0 Å². The van der Waals surface area contributed by atoms with Crippen LogP contribution in [0.5, 0.6) is 0 Å². The van der Waals surface area contributed by atoms with E-state index in [1.54, 1.807) is 0 Å². The van der Waals surface area contributed by atoms with Crippen LogP contribution in [0.3, 0.4) is 0 Å². The van der Waals surface area contributed by atoms with Gasteiger partial charge in [0, 0.05) is 45.3 Å². The number of anilines is 1. The van der Waals surface area contributed by atoms with Crippen LogP contribution in [-0.4, -0.2) is 44.7 Å². The molecule has 0 bridgehead atoms. The van der Waals surface area contributed by atoms with E-state index in [0.29, 0.717) is 15.7 Å². The summed E-state index contributed by atoms with van der Waals surface area (Å²) in [6.45, 7) is 13.7. The molecular weight excluding hydrogens is 409 g/mol. The van der Waals surface area contributed by atoms with E-state index in [9.17, 15) is 0 Å². The molecule has 2 nitrogen and oxygen atoms in total. The highest BCUT2D eigenvalue weighted by Gasteiger charge is 2.61. The highest BCUT2D eigenvalue weighted by atomic mass is 32.2. The van der Waals surface area contributed by atoms with Crippen LogP contribution in [-0.2, 0) is 0 Å². The van der Waals surface area contributed by atoms with E-state index in [4.69, 9.17) is 12.2 Å². The van der Waals surface area contributed by atoms with Crippen molar-refractivity contribution < 1.29 is 0 Å². The number of para-hydroxylation sites is 1.